The summed E-state index contributed by atoms with van der Waals surface area (Å²) in [5.41, 5.74) is 0.659. The van der Waals surface area contributed by atoms with E-state index in [9.17, 15) is 27.9 Å². The van der Waals surface area contributed by atoms with Crippen molar-refractivity contribution in [3.63, 3.8) is 0 Å². The SMILES string of the molecule is Cc1ccc(Cn2ncc3cc(/C=C4\SC(N5CCC(C)(C(=O)O)CC5)=NC4=O)ccc32)c(C(F)(F)F)c1. The van der Waals surface area contributed by atoms with Gasteiger partial charge in [0.05, 0.1) is 34.1 Å². The molecule has 0 saturated carbocycles. The minimum absolute atomic E-state index is 0.0264. The van der Waals surface area contributed by atoms with E-state index in [-0.39, 0.29) is 18.0 Å². The van der Waals surface area contributed by atoms with E-state index in [0.29, 0.717) is 47.1 Å². The second-order valence-corrected chi connectivity index (χ2v) is 11.0. The third-order valence-corrected chi connectivity index (χ3v) is 8.16. The smallest absolute Gasteiger partial charge is 0.416 e. The van der Waals surface area contributed by atoms with E-state index in [0.717, 1.165) is 17.0 Å². The monoisotopic (exact) mass is 542 g/mol. The van der Waals surface area contributed by atoms with Crippen LogP contribution in [0.4, 0.5) is 13.2 Å². The van der Waals surface area contributed by atoms with Crippen LogP contribution in [0.3, 0.4) is 0 Å². The van der Waals surface area contributed by atoms with Crippen molar-refractivity contribution in [1.29, 1.82) is 0 Å². The summed E-state index contributed by atoms with van der Waals surface area (Å²) in [6.07, 6.45) is -0.184. The number of hydrogen-bond donors (Lipinski definition) is 1. The van der Waals surface area contributed by atoms with Crippen LogP contribution < -0.4 is 0 Å². The van der Waals surface area contributed by atoms with Crippen molar-refractivity contribution < 1.29 is 27.9 Å². The average Bonchev–Trinajstić information content (AvgIpc) is 3.42. The number of aliphatic carboxylic acids is 1. The highest BCUT2D eigenvalue weighted by atomic mass is 32.2. The topological polar surface area (TPSA) is 87.8 Å². The van der Waals surface area contributed by atoms with Gasteiger partial charge in [0.1, 0.15) is 0 Å². The van der Waals surface area contributed by atoms with Crippen molar-refractivity contribution in [3.8, 4) is 0 Å². The van der Waals surface area contributed by atoms with Gasteiger partial charge in [-0.05, 0) is 73.9 Å². The van der Waals surface area contributed by atoms with E-state index in [1.165, 1.54) is 22.5 Å². The first-order valence-corrected chi connectivity index (χ1v) is 12.9. The molecule has 2 aliphatic rings. The van der Waals surface area contributed by atoms with Crippen LogP contribution >= 0.6 is 11.8 Å². The highest BCUT2D eigenvalue weighted by molar-refractivity contribution is 8.18. The third-order valence-electron chi connectivity index (χ3n) is 7.12. The van der Waals surface area contributed by atoms with E-state index in [4.69, 9.17) is 0 Å². The Labute approximate surface area is 221 Å². The zero-order valence-electron chi connectivity index (χ0n) is 20.7. The molecule has 2 aliphatic heterocycles. The lowest BCUT2D eigenvalue weighted by Gasteiger charge is -2.36. The van der Waals surface area contributed by atoms with Gasteiger partial charge in [0.15, 0.2) is 5.17 Å². The molecule has 1 fully saturated rings. The first kappa shape index (κ1) is 26.0. The fourth-order valence-electron chi connectivity index (χ4n) is 4.66. The minimum Gasteiger partial charge on any atom is -0.481 e. The van der Waals surface area contributed by atoms with Gasteiger partial charge in [-0.2, -0.15) is 23.3 Å². The largest absolute Gasteiger partial charge is 0.481 e. The highest BCUT2D eigenvalue weighted by Gasteiger charge is 2.39. The molecule has 0 radical (unpaired) electrons. The number of aliphatic imine (C=N–C) groups is 1. The second-order valence-electron chi connectivity index (χ2n) is 9.94. The predicted molar refractivity (Wildman–Crippen MR) is 140 cm³/mol. The quantitative estimate of drug-likeness (QED) is 0.434. The van der Waals surface area contributed by atoms with Crippen LogP contribution in [-0.4, -0.2) is 49.9 Å². The Balaban J connectivity index is 1.32. The highest BCUT2D eigenvalue weighted by Crippen LogP contribution is 2.37. The number of amidine groups is 1. The number of aryl methyl sites for hydroxylation is 1. The van der Waals surface area contributed by atoms with E-state index in [1.807, 2.05) is 11.0 Å². The molecular weight excluding hydrogens is 517 g/mol. The van der Waals surface area contributed by atoms with E-state index in [2.05, 4.69) is 10.1 Å². The zero-order valence-corrected chi connectivity index (χ0v) is 21.6. The number of carbonyl (C=O) groups is 2. The van der Waals surface area contributed by atoms with Gasteiger partial charge in [-0.25, -0.2) is 0 Å². The standard InChI is InChI=1S/C27H25F3N4O3S/c1-16-3-5-18(20(11-16)27(28,29)30)15-34-21-6-4-17(12-19(21)14-31-34)13-22-23(35)32-25(38-22)33-9-7-26(2,8-10-33)24(36)37/h3-6,11-14H,7-10,15H2,1-2H3,(H,36,37)/b22-13-. The lowest BCUT2D eigenvalue weighted by molar-refractivity contribution is -0.150. The number of likely N-dealkylation sites (tertiary alicyclic amines) is 1. The maximum Gasteiger partial charge on any atom is 0.416 e. The predicted octanol–water partition coefficient (Wildman–Crippen LogP) is 5.57. The van der Waals surface area contributed by atoms with Gasteiger partial charge in [-0.1, -0.05) is 23.8 Å². The molecule has 2 aromatic carbocycles. The van der Waals surface area contributed by atoms with Gasteiger partial charge in [-0.3, -0.25) is 14.3 Å². The molecule has 38 heavy (non-hydrogen) atoms. The lowest BCUT2D eigenvalue weighted by atomic mass is 9.81. The molecule has 0 spiro atoms. The Morgan fingerprint density at radius 2 is 1.92 bits per heavy atom. The summed E-state index contributed by atoms with van der Waals surface area (Å²) in [5.74, 6) is -1.17. The van der Waals surface area contributed by atoms with Crippen molar-refractivity contribution in [2.75, 3.05) is 13.1 Å². The number of aromatic nitrogens is 2. The molecule has 0 bridgehead atoms. The molecule has 7 nitrogen and oxygen atoms in total. The Morgan fingerprint density at radius 1 is 1.18 bits per heavy atom. The van der Waals surface area contributed by atoms with E-state index >= 15 is 0 Å². The maximum atomic E-state index is 13.6. The number of benzene rings is 2. The molecule has 5 rings (SSSR count). The molecule has 198 valence electrons. The van der Waals surface area contributed by atoms with Crippen LogP contribution in [0.2, 0.25) is 0 Å². The third kappa shape index (κ3) is 5.07. The number of carboxylic acids is 1. The minimum atomic E-state index is -4.46. The van der Waals surface area contributed by atoms with Crippen LogP contribution in [0.15, 0.2) is 52.5 Å². The molecule has 3 heterocycles. The van der Waals surface area contributed by atoms with Crippen LogP contribution in [0, 0.1) is 12.3 Å². The molecule has 1 saturated heterocycles. The number of thioether (sulfide) groups is 1. The van der Waals surface area contributed by atoms with Crippen molar-refractivity contribution in [3.05, 3.63) is 69.8 Å². The summed E-state index contributed by atoms with van der Waals surface area (Å²) in [5, 5.41) is 15.0. The molecule has 0 unspecified atom stereocenters. The summed E-state index contributed by atoms with van der Waals surface area (Å²) in [6, 6.07) is 9.68. The fourth-order valence-corrected chi connectivity index (χ4v) is 5.63. The molecule has 0 aliphatic carbocycles. The van der Waals surface area contributed by atoms with Gasteiger partial charge in [0, 0.05) is 18.5 Å². The van der Waals surface area contributed by atoms with Crippen LogP contribution in [0.5, 0.6) is 0 Å². The summed E-state index contributed by atoms with van der Waals surface area (Å²) in [6.45, 7) is 4.36. The Morgan fingerprint density at radius 3 is 2.61 bits per heavy atom. The van der Waals surface area contributed by atoms with Gasteiger partial charge < -0.3 is 10.0 Å². The molecular formula is C27H25F3N4O3S. The maximum absolute atomic E-state index is 13.6. The van der Waals surface area contributed by atoms with E-state index in [1.54, 1.807) is 44.3 Å². The number of hydrogen-bond acceptors (Lipinski definition) is 5. The van der Waals surface area contributed by atoms with Crippen LogP contribution in [0.25, 0.3) is 17.0 Å². The van der Waals surface area contributed by atoms with Crippen molar-refractivity contribution in [2.45, 2.75) is 39.4 Å². The average molecular weight is 543 g/mol. The van der Waals surface area contributed by atoms with Gasteiger partial charge in [0.2, 0.25) is 0 Å². The number of carbonyl (C=O) groups excluding carboxylic acids is 1. The summed E-state index contributed by atoms with van der Waals surface area (Å²) >= 11 is 1.26. The number of halogens is 3. The number of nitrogens with zero attached hydrogens (tertiary/aromatic N) is 4. The summed E-state index contributed by atoms with van der Waals surface area (Å²) < 4.78 is 42.2. The molecule has 1 N–H and O–H groups in total. The number of alkyl halides is 3. The Hall–Kier alpha value is -3.60. The van der Waals surface area contributed by atoms with E-state index < -0.39 is 23.1 Å². The Bertz CT molecular complexity index is 1500. The van der Waals surface area contributed by atoms with Crippen LogP contribution in [0.1, 0.15) is 42.0 Å². The molecule has 3 aromatic rings. The first-order valence-electron chi connectivity index (χ1n) is 12.1. The van der Waals surface area contributed by atoms with Gasteiger partial charge in [0.25, 0.3) is 5.91 Å². The number of rotatable bonds is 4. The number of amides is 1. The number of carboxylic acid groups (broad SMARTS) is 1. The lowest BCUT2D eigenvalue weighted by Crippen LogP contribution is -2.44. The van der Waals surface area contributed by atoms with Crippen molar-refractivity contribution in [2.24, 2.45) is 10.4 Å². The molecule has 11 heteroatoms. The molecule has 0 atom stereocenters. The normalized spacial score (nSPS) is 18.9. The Kier molecular flexibility index (Phi) is 6.58. The van der Waals surface area contributed by atoms with Gasteiger partial charge in [-0.15, -0.1) is 0 Å². The molecule has 1 aromatic heterocycles. The molecule has 1 amide bonds. The van der Waals surface area contributed by atoms with Crippen molar-refractivity contribution in [1.82, 2.24) is 14.7 Å². The number of fused-ring (bicyclic) bond motifs is 1. The first-order chi connectivity index (χ1) is 17.9. The summed E-state index contributed by atoms with van der Waals surface area (Å²) in [7, 11) is 0. The second kappa shape index (κ2) is 9.61. The number of piperidine rings is 1. The van der Waals surface area contributed by atoms with Crippen molar-refractivity contribution >= 4 is 45.8 Å². The van der Waals surface area contributed by atoms with Gasteiger partial charge >= 0.3 is 12.1 Å². The zero-order chi connectivity index (χ0) is 27.2. The summed E-state index contributed by atoms with van der Waals surface area (Å²) in [4.78, 5) is 30.6. The van der Waals surface area contributed by atoms with Crippen LogP contribution in [-0.2, 0) is 22.3 Å². The fraction of sp³-hybridized carbons (Fsp3) is 0.333.